The van der Waals surface area contributed by atoms with Crippen molar-refractivity contribution in [1.29, 1.82) is 0 Å². The largest absolute Gasteiger partial charge is 0.298 e. The van der Waals surface area contributed by atoms with Gasteiger partial charge in [0, 0.05) is 20.9 Å². The molecule has 0 spiro atoms. The zero-order valence-electron chi connectivity index (χ0n) is 9.66. The van der Waals surface area contributed by atoms with Crippen LogP contribution in [0.25, 0.3) is 19.5 Å². The lowest BCUT2D eigenvalue weighted by molar-refractivity contribution is 0.111. The lowest BCUT2D eigenvalue weighted by atomic mass is 10.2. The Morgan fingerprint density at radius 2 is 1.68 bits per heavy atom. The molecule has 3 heterocycles. The monoisotopic (exact) mass is 304 g/mol. The molecule has 3 aromatic rings. The molecule has 0 bridgehead atoms. The van der Waals surface area contributed by atoms with E-state index < -0.39 is 0 Å². The van der Waals surface area contributed by atoms with E-state index in [-0.39, 0.29) is 0 Å². The molecular weight excluding hydrogens is 296 g/mol. The average Bonchev–Trinajstić information content (AvgIpc) is 3.16. The molecule has 0 N–H and O–H groups in total. The van der Waals surface area contributed by atoms with E-state index in [1.807, 2.05) is 29.0 Å². The van der Waals surface area contributed by atoms with Gasteiger partial charge in [-0.2, -0.15) is 0 Å². The first kappa shape index (κ1) is 12.5. The standard InChI is InChI=1S/C14H8O2S3/c15-7-9-3-5-18-13(9)14-10(8-16)6-12(19-14)11-2-1-4-17-11/h1-8H. The van der Waals surface area contributed by atoms with Crippen molar-refractivity contribution in [2.24, 2.45) is 0 Å². The summed E-state index contributed by atoms with van der Waals surface area (Å²) in [7, 11) is 0. The third-order valence-electron chi connectivity index (χ3n) is 2.68. The first-order valence-electron chi connectivity index (χ1n) is 5.49. The number of rotatable bonds is 4. The second-order valence-corrected chi connectivity index (χ2v) is 6.73. The molecular formula is C14H8O2S3. The van der Waals surface area contributed by atoms with Crippen LogP contribution in [0.15, 0.2) is 35.0 Å². The van der Waals surface area contributed by atoms with E-state index in [4.69, 9.17) is 0 Å². The van der Waals surface area contributed by atoms with E-state index in [1.165, 1.54) is 11.3 Å². The Morgan fingerprint density at radius 3 is 2.37 bits per heavy atom. The quantitative estimate of drug-likeness (QED) is 0.647. The van der Waals surface area contributed by atoms with Crippen molar-refractivity contribution in [1.82, 2.24) is 0 Å². The van der Waals surface area contributed by atoms with Gasteiger partial charge in [0.1, 0.15) is 0 Å². The number of carbonyl (C=O) groups excluding carboxylic acids is 2. The highest BCUT2D eigenvalue weighted by molar-refractivity contribution is 7.26. The SMILES string of the molecule is O=Cc1ccsc1-c1sc(-c2cccs2)cc1C=O. The Labute approximate surface area is 122 Å². The third kappa shape index (κ3) is 2.20. The molecule has 0 aliphatic carbocycles. The Hall–Kier alpha value is -1.56. The molecule has 0 saturated carbocycles. The average molecular weight is 304 g/mol. The molecule has 19 heavy (non-hydrogen) atoms. The smallest absolute Gasteiger partial charge is 0.151 e. The number of aldehydes is 2. The normalized spacial score (nSPS) is 10.5. The first-order chi connectivity index (χ1) is 9.33. The predicted octanol–water partition coefficient (Wildman–Crippen LogP) is 4.83. The fraction of sp³-hybridized carbons (Fsp3) is 0. The van der Waals surface area contributed by atoms with Crippen LogP contribution in [0, 0.1) is 0 Å². The first-order valence-corrected chi connectivity index (χ1v) is 8.07. The molecule has 0 unspecified atom stereocenters. The third-order valence-corrected chi connectivity index (χ3v) is 5.99. The van der Waals surface area contributed by atoms with E-state index >= 15 is 0 Å². The second-order valence-electron chi connectivity index (χ2n) is 3.81. The maximum atomic E-state index is 11.2. The molecule has 0 aliphatic heterocycles. The van der Waals surface area contributed by atoms with Gasteiger partial charge in [-0.05, 0) is 29.0 Å². The van der Waals surface area contributed by atoms with E-state index in [0.29, 0.717) is 11.1 Å². The van der Waals surface area contributed by atoms with Crippen LogP contribution >= 0.6 is 34.0 Å². The number of hydrogen-bond acceptors (Lipinski definition) is 5. The molecule has 0 radical (unpaired) electrons. The molecule has 5 heteroatoms. The van der Waals surface area contributed by atoms with Crippen LogP contribution in [0.4, 0.5) is 0 Å². The Morgan fingerprint density at radius 1 is 0.842 bits per heavy atom. The molecule has 3 aromatic heterocycles. The summed E-state index contributed by atoms with van der Waals surface area (Å²) >= 11 is 4.69. The Balaban J connectivity index is 2.16. The van der Waals surface area contributed by atoms with Gasteiger partial charge in [-0.1, -0.05) is 6.07 Å². The van der Waals surface area contributed by atoms with Crippen molar-refractivity contribution in [2.75, 3.05) is 0 Å². The Kier molecular flexibility index (Phi) is 3.42. The molecule has 0 atom stereocenters. The fourth-order valence-corrected chi connectivity index (χ4v) is 4.82. The summed E-state index contributed by atoms with van der Waals surface area (Å²) in [5, 5.41) is 3.88. The van der Waals surface area contributed by atoms with Gasteiger partial charge in [-0.25, -0.2) is 0 Å². The van der Waals surface area contributed by atoms with E-state index in [0.717, 1.165) is 32.1 Å². The summed E-state index contributed by atoms with van der Waals surface area (Å²) in [5.41, 5.74) is 1.30. The fourth-order valence-electron chi connectivity index (χ4n) is 1.81. The van der Waals surface area contributed by atoms with Crippen LogP contribution in [0.5, 0.6) is 0 Å². The van der Waals surface area contributed by atoms with Gasteiger partial charge >= 0.3 is 0 Å². The molecule has 0 amide bonds. The molecule has 0 saturated heterocycles. The molecule has 94 valence electrons. The lowest BCUT2D eigenvalue weighted by Crippen LogP contribution is -1.81. The minimum absolute atomic E-state index is 0.646. The molecule has 3 rings (SSSR count). The van der Waals surface area contributed by atoms with Crippen molar-refractivity contribution in [2.45, 2.75) is 0 Å². The van der Waals surface area contributed by atoms with Crippen LogP contribution in [0.3, 0.4) is 0 Å². The maximum Gasteiger partial charge on any atom is 0.151 e. The lowest BCUT2D eigenvalue weighted by Gasteiger charge is -1.95. The molecule has 0 aliphatic rings. The van der Waals surface area contributed by atoms with Gasteiger partial charge in [0.25, 0.3) is 0 Å². The summed E-state index contributed by atoms with van der Waals surface area (Å²) < 4.78 is 0. The topological polar surface area (TPSA) is 34.1 Å². The van der Waals surface area contributed by atoms with Crippen LogP contribution in [-0.4, -0.2) is 12.6 Å². The second kappa shape index (κ2) is 5.21. The minimum atomic E-state index is 0.646. The van der Waals surface area contributed by atoms with Crippen LogP contribution < -0.4 is 0 Å². The van der Waals surface area contributed by atoms with Crippen molar-refractivity contribution in [3.63, 3.8) is 0 Å². The van der Waals surface area contributed by atoms with Gasteiger partial charge in [0.05, 0.1) is 9.75 Å². The van der Waals surface area contributed by atoms with Crippen LogP contribution in [0.2, 0.25) is 0 Å². The summed E-state index contributed by atoms with van der Waals surface area (Å²) in [4.78, 5) is 26.2. The van der Waals surface area contributed by atoms with Crippen molar-refractivity contribution >= 4 is 46.6 Å². The van der Waals surface area contributed by atoms with Crippen molar-refractivity contribution < 1.29 is 9.59 Å². The van der Waals surface area contributed by atoms with Gasteiger partial charge in [0.15, 0.2) is 12.6 Å². The zero-order chi connectivity index (χ0) is 13.2. The van der Waals surface area contributed by atoms with Gasteiger partial charge in [-0.15, -0.1) is 34.0 Å². The van der Waals surface area contributed by atoms with E-state index in [1.54, 1.807) is 28.7 Å². The van der Waals surface area contributed by atoms with Crippen molar-refractivity contribution in [3.05, 3.63) is 46.2 Å². The number of thiophene rings is 3. The maximum absolute atomic E-state index is 11.2. The van der Waals surface area contributed by atoms with Crippen molar-refractivity contribution in [3.8, 4) is 19.5 Å². The molecule has 2 nitrogen and oxygen atoms in total. The summed E-state index contributed by atoms with van der Waals surface area (Å²) in [6.07, 6.45) is 1.70. The zero-order valence-corrected chi connectivity index (χ0v) is 12.1. The highest BCUT2D eigenvalue weighted by Gasteiger charge is 2.16. The van der Waals surface area contributed by atoms with E-state index in [2.05, 4.69) is 0 Å². The predicted molar refractivity (Wildman–Crippen MR) is 81.7 cm³/mol. The van der Waals surface area contributed by atoms with Crippen LogP contribution in [0.1, 0.15) is 20.7 Å². The summed E-state index contributed by atoms with van der Waals surface area (Å²) in [6.45, 7) is 0. The number of hydrogen-bond donors (Lipinski definition) is 0. The summed E-state index contributed by atoms with van der Waals surface area (Å²) in [5.74, 6) is 0. The molecule has 0 fully saturated rings. The van der Waals surface area contributed by atoms with Gasteiger partial charge in [-0.3, -0.25) is 9.59 Å². The highest BCUT2D eigenvalue weighted by Crippen LogP contribution is 2.41. The number of carbonyl (C=O) groups is 2. The summed E-state index contributed by atoms with van der Waals surface area (Å²) in [6, 6.07) is 7.70. The van der Waals surface area contributed by atoms with Gasteiger partial charge < -0.3 is 0 Å². The van der Waals surface area contributed by atoms with E-state index in [9.17, 15) is 9.59 Å². The highest BCUT2D eigenvalue weighted by atomic mass is 32.1. The van der Waals surface area contributed by atoms with Gasteiger partial charge in [0.2, 0.25) is 0 Å². The minimum Gasteiger partial charge on any atom is -0.298 e. The Bertz CT molecular complexity index is 720. The molecule has 0 aromatic carbocycles. The van der Waals surface area contributed by atoms with Crippen LogP contribution in [-0.2, 0) is 0 Å².